The molecule has 0 N–H and O–H groups in total. The van der Waals surface area contributed by atoms with Crippen molar-refractivity contribution in [1.82, 2.24) is 4.90 Å². The van der Waals surface area contributed by atoms with Crippen molar-refractivity contribution in [3.05, 3.63) is 33.8 Å². The maximum Gasteiger partial charge on any atom is 0.254 e. The van der Waals surface area contributed by atoms with Crippen LogP contribution >= 0.6 is 15.9 Å². The summed E-state index contributed by atoms with van der Waals surface area (Å²) in [7, 11) is 1.95. The Morgan fingerprint density at radius 1 is 1.30 bits per heavy atom. The van der Waals surface area contributed by atoms with Crippen molar-refractivity contribution in [2.45, 2.75) is 52.0 Å². The molecule has 0 atom stereocenters. The molecule has 0 bridgehead atoms. The van der Waals surface area contributed by atoms with Gasteiger partial charge in [-0.05, 0) is 66.6 Å². The Morgan fingerprint density at radius 2 is 1.95 bits per heavy atom. The largest absolute Gasteiger partial charge is 0.339 e. The molecule has 110 valence electrons. The monoisotopic (exact) mass is 337 g/mol. The van der Waals surface area contributed by atoms with Crippen LogP contribution < -0.4 is 0 Å². The summed E-state index contributed by atoms with van der Waals surface area (Å²) in [4.78, 5) is 14.6. The highest BCUT2D eigenvalue weighted by atomic mass is 79.9. The van der Waals surface area contributed by atoms with E-state index in [4.69, 9.17) is 0 Å². The number of aryl methyl sites for hydroxylation is 1. The number of amides is 1. The first-order valence-electron chi connectivity index (χ1n) is 7.56. The predicted molar refractivity (Wildman–Crippen MR) is 87.0 cm³/mol. The molecule has 0 saturated heterocycles. The zero-order chi connectivity index (χ0) is 14.7. The average Bonchev–Trinajstić information content (AvgIpc) is 2.48. The van der Waals surface area contributed by atoms with E-state index in [1.54, 1.807) is 0 Å². The van der Waals surface area contributed by atoms with Gasteiger partial charge in [-0.25, -0.2) is 0 Å². The lowest BCUT2D eigenvalue weighted by Gasteiger charge is -2.34. The van der Waals surface area contributed by atoms with E-state index < -0.39 is 0 Å². The second kappa shape index (κ2) is 6.75. The summed E-state index contributed by atoms with van der Waals surface area (Å²) in [5, 5.41) is 0. The lowest BCUT2D eigenvalue weighted by molar-refractivity contribution is 0.0673. The quantitative estimate of drug-likeness (QED) is 0.775. The van der Waals surface area contributed by atoms with Crippen molar-refractivity contribution in [2.24, 2.45) is 5.92 Å². The molecule has 1 aromatic carbocycles. The van der Waals surface area contributed by atoms with Gasteiger partial charge in [-0.1, -0.05) is 25.0 Å². The van der Waals surface area contributed by atoms with Crippen molar-refractivity contribution < 1.29 is 4.79 Å². The van der Waals surface area contributed by atoms with Gasteiger partial charge in [0.25, 0.3) is 5.91 Å². The molecule has 1 amide bonds. The van der Waals surface area contributed by atoms with Gasteiger partial charge in [0.05, 0.1) is 5.56 Å². The van der Waals surface area contributed by atoms with Crippen LogP contribution in [0.25, 0.3) is 0 Å². The highest BCUT2D eigenvalue weighted by molar-refractivity contribution is 9.10. The molecule has 0 radical (unpaired) electrons. The molecular weight excluding hydrogens is 314 g/mol. The molecule has 1 aliphatic rings. The Kier molecular flexibility index (Phi) is 5.25. The van der Waals surface area contributed by atoms with Crippen LogP contribution in [-0.4, -0.2) is 23.9 Å². The molecule has 20 heavy (non-hydrogen) atoms. The summed E-state index contributed by atoms with van der Waals surface area (Å²) in [6.45, 7) is 4.29. The Labute approximate surface area is 130 Å². The average molecular weight is 338 g/mol. The third-order valence-corrected chi connectivity index (χ3v) is 5.31. The number of nitrogens with zero attached hydrogens (tertiary/aromatic N) is 1. The Hall–Kier alpha value is -0.830. The maximum absolute atomic E-state index is 12.7. The van der Waals surface area contributed by atoms with E-state index in [2.05, 4.69) is 22.9 Å². The van der Waals surface area contributed by atoms with Crippen LogP contribution in [0.4, 0.5) is 0 Å². The molecule has 0 aliphatic heterocycles. The minimum Gasteiger partial charge on any atom is -0.339 e. The van der Waals surface area contributed by atoms with E-state index >= 15 is 0 Å². The van der Waals surface area contributed by atoms with Gasteiger partial charge in [-0.15, -0.1) is 0 Å². The Morgan fingerprint density at radius 3 is 2.55 bits per heavy atom. The summed E-state index contributed by atoms with van der Waals surface area (Å²) >= 11 is 3.50. The second-order valence-electron chi connectivity index (χ2n) is 5.98. The third-order valence-electron chi connectivity index (χ3n) is 4.61. The Bertz CT molecular complexity index is 478. The molecule has 0 heterocycles. The summed E-state index contributed by atoms with van der Waals surface area (Å²) < 4.78 is 0.891. The van der Waals surface area contributed by atoms with Crippen LogP contribution in [0.15, 0.2) is 22.7 Å². The molecule has 0 unspecified atom stereocenters. The summed E-state index contributed by atoms with van der Waals surface area (Å²) in [5.74, 6) is 1.00. The van der Waals surface area contributed by atoms with E-state index in [-0.39, 0.29) is 5.91 Å². The van der Waals surface area contributed by atoms with E-state index in [0.717, 1.165) is 34.4 Å². The zero-order valence-corrected chi connectivity index (χ0v) is 14.2. The van der Waals surface area contributed by atoms with Gasteiger partial charge in [0.15, 0.2) is 0 Å². The molecule has 0 spiro atoms. The molecule has 3 heteroatoms. The molecule has 1 aromatic rings. The molecule has 1 saturated carbocycles. The lowest BCUT2D eigenvalue weighted by Crippen LogP contribution is -2.39. The van der Waals surface area contributed by atoms with Crippen LogP contribution in [-0.2, 0) is 0 Å². The van der Waals surface area contributed by atoms with Gasteiger partial charge in [0, 0.05) is 17.6 Å². The van der Waals surface area contributed by atoms with Crippen molar-refractivity contribution in [1.29, 1.82) is 0 Å². The Balaban J connectivity index is 2.07. The second-order valence-corrected chi connectivity index (χ2v) is 6.84. The number of carbonyl (C=O) groups is 1. The fourth-order valence-corrected chi connectivity index (χ4v) is 3.52. The van der Waals surface area contributed by atoms with Gasteiger partial charge in [0.1, 0.15) is 0 Å². The fourth-order valence-electron chi connectivity index (χ4n) is 3.10. The van der Waals surface area contributed by atoms with Crippen molar-refractivity contribution in [2.75, 3.05) is 7.05 Å². The molecule has 1 aliphatic carbocycles. The number of hydrogen-bond acceptors (Lipinski definition) is 1. The van der Waals surface area contributed by atoms with E-state index in [0.29, 0.717) is 6.04 Å². The lowest BCUT2D eigenvalue weighted by atomic mass is 9.84. The topological polar surface area (TPSA) is 20.3 Å². The van der Waals surface area contributed by atoms with Crippen molar-refractivity contribution in [3.8, 4) is 0 Å². The van der Waals surface area contributed by atoms with Crippen molar-refractivity contribution in [3.63, 3.8) is 0 Å². The van der Waals surface area contributed by atoms with E-state index in [9.17, 15) is 4.79 Å². The molecular formula is C17H24BrNO. The third kappa shape index (κ3) is 3.43. The first-order chi connectivity index (χ1) is 9.52. The number of rotatable bonds is 3. The maximum atomic E-state index is 12.7. The van der Waals surface area contributed by atoms with Gasteiger partial charge >= 0.3 is 0 Å². The summed E-state index contributed by atoms with van der Waals surface area (Å²) in [5.41, 5.74) is 1.91. The number of carbonyl (C=O) groups excluding carboxylic acids is 1. The van der Waals surface area contributed by atoms with Crippen LogP contribution in [0.5, 0.6) is 0 Å². The normalized spacial score (nSPS) is 22.6. The standard InChI is InChI=1S/C17H24BrNO/c1-4-13-6-8-14(9-7-13)19(3)17(20)15-11-12(2)5-10-16(15)18/h5,10-11,13-14H,4,6-9H2,1-3H3. The van der Waals surface area contributed by atoms with Gasteiger partial charge in [-0.3, -0.25) is 4.79 Å². The minimum atomic E-state index is 0.139. The van der Waals surface area contributed by atoms with Gasteiger partial charge < -0.3 is 4.90 Å². The first kappa shape index (κ1) is 15.6. The van der Waals surface area contributed by atoms with Gasteiger partial charge in [0.2, 0.25) is 0 Å². The van der Waals surface area contributed by atoms with Crippen molar-refractivity contribution >= 4 is 21.8 Å². The van der Waals surface area contributed by atoms with Gasteiger partial charge in [-0.2, -0.15) is 0 Å². The smallest absolute Gasteiger partial charge is 0.254 e. The molecule has 1 fully saturated rings. The van der Waals surface area contributed by atoms with Crippen LogP contribution in [0.2, 0.25) is 0 Å². The van der Waals surface area contributed by atoms with E-state index in [1.807, 2.05) is 37.1 Å². The zero-order valence-electron chi connectivity index (χ0n) is 12.7. The predicted octanol–water partition coefficient (Wildman–Crippen LogP) is 4.80. The SMILES string of the molecule is CCC1CCC(N(C)C(=O)c2cc(C)ccc2Br)CC1. The van der Waals surface area contributed by atoms with Crippen LogP contribution in [0, 0.1) is 12.8 Å². The first-order valence-corrected chi connectivity index (χ1v) is 8.35. The highest BCUT2D eigenvalue weighted by Gasteiger charge is 2.27. The number of benzene rings is 1. The highest BCUT2D eigenvalue weighted by Crippen LogP contribution is 2.30. The molecule has 2 nitrogen and oxygen atoms in total. The fraction of sp³-hybridized carbons (Fsp3) is 0.588. The molecule has 2 rings (SSSR count). The minimum absolute atomic E-state index is 0.139. The van der Waals surface area contributed by atoms with Crippen LogP contribution in [0.1, 0.15) is 54.9 Å². The summed E-state index contributed by atoms with van der Waals surface area (Å²) in [6.07, 6.45) is 6.07. The number of halogens is 1. The summed E-state index contributed by atoms with van der Waals surface area (Å²) in [6, 6.07) is 6.36. The van der Waals surface area contributed by atoms with Crippen LogP contribution in [0.3, 0.4) is 0 Å². The van der Waals surface area contributed by atoms with E-state index in [1.165, 1.54) is 19.3 Å². The number of hydrogen-bond donors (Lipinski definition) is 0. The molecule has 0 aromatic heterocycles.